The molecule has 4 aromatic rings. The highest BCUT2D eigenvalue weighted by Crippen LogP contribution is 2.26. The molecule has 1 heterocycles. The van der Waals surface area contributed by atoms with E-state index in [-0.39, 0.29) is 4.90 Å². The Kier molecular flexibility index (Phi) is 7.02. The number of anilines is 1. The molecular formula is C24H23N3O4S2. The lowest BCUT2D eigenvalue weighted by Gasteiger charge is -2.09. The van der Waals surface area contributed by atoms with Gasteiger partial charge in [-0.15, -0.1) is 0 Å². The zero-order valence-electron chi connectivity index (χ0n) is 17.9. The van der Waals surface area contributed by atoms with E-state index in [4.69, 9.17) is 4.74 Å². The van der Waals surface area contributed by atoms with Crippen LogP contribution in [0.4, 0.5) is 5.82 Å². The Morgan fingerprint density at radius 3 is 2.30 bits per heavy atom. The Balaban J connectivity index is 1.30. The maximum Gasteiger partial charge on any atom is 0.337 e. The van der Waals surface area contributed by atoms with E-state index in [1.165, 1.54) is 18.6 Å². The van der Waals surface area contributed by atoms with E-state index in [0.717, 1.165) is 27.0 Å². The minimum absolute atomic E-state index is 0.205. The molecule has 0 aliphatic heterocycles. The van der Waals surface area contributed by atoms with E-state index in [1.807, 2.05) is 24.3 Å². The maximum absolute atomic E-state index is 12.6. The fourth-order valence-corrected chi connectivity index (χ4v) is 5.17. The van der Waals surface area contributed by atoms with Gasteiger partial charge in [0.05, 0.1) is 22.3 Å². The number of fused-ring (bicyclic) bond motifs is 1. The van der Waals surface area contributed by atoms with Gasteiger partial charge in [-0.2, -0.15) is 4.37 Å². The molecule has 0 saturated heterocycles. The number of ether oxygens (including phenoxy) is 1. The minimum Gasteiger partial charge on any atom is -0.465 e. The summed E-state index contributed by atoms with van der Waals surface area (Å²) in [6, 6.07) is 21.6. The average molecular weight is 482 g/mol. The number of esters is 1. The number of nitrogens with zero attached hydrogens (tertiary/aromatic N) is 1. The zero-order valence-corrected chi connectivity index (χ0v) is 19.6. The number of nitrogens with one attached hydrogen (secondary N) is 2. The van der Waals surface area contributed by atoms with Gasteiger partial charge in [-0.1, -0.05) is 36.4 Å². The number of carbonyl (C=O) groups is 1. The lowest BCUT2D eigenvalue weighted by molar-refractivity contribution is 0.0600. The molecule has 4 rings (SSSR count). The first kappa shape index (κ1) is 22.9. The molecule has 0 unspecified atom stereocenters. The van der Waals surface area contributed by atoms with E-state index in [0.29, 0.717) is 25.1 Å². The summed E-state index contributed by atoms with van der Waals surface area (Å²) in [7, 11) is -2.27. The molecule has 0 amide bonds. The Labute approximate surface area is 196 Å². The van der Waals surface area contributed by atoms with Crippen molar-refractivity contribution in [1.82, 2.24) is 9.10 Å². The summed E-state index contributed by atoms with van der Waals surface area (Å²) in [6.45, 7) is 0.922. The van der Waals surface area contributed by atoms with Gasteiger partial charge in [-0.3, -0.25) is 0 Å². The fourth-order valence-electron chi connectivity index (χ4n) is 3.34. The molecule has 0 atom stereocenters. The number of benzene rings is 3. The van der Waals surface area contributed by atoms with Crippen molar-refractivity contribution in [3.63, 3.8) is 0 Å². The van der Waals surface area contributed by atoms with E-state index in [2.05, 4.69) is 14.4 Å². The zero-order chi connectivity index (χ0) is 23.3. The van der Waals surface area contributed by atoms with Crippen molar-refractivity contribution in [2.24, 2.45) is 0 Å². The number of aromatic nitrogens is 1. The Morgan fingerprint density at radius 2 is 1.61 bits per heavy atom. The van der Waals surface area contributed by atoms with Crippen LogP contribution in [0.5, 0.6) is 0 Å². The predicted molar refractivity (Wildman–Crippen MR) is 131 cm³/mol. The Morgan fingerprint density at radius 1 is 0.939 bits per heavy atom. The van der Waals surface area contributed by atoms with Gasteiger partial charge in [0.15, 0.2) is 0 Å². The molecular weight excluding hydrogens is 458 g/mol. The summed E-state index contributed by atoms with van der Waals surface area (Å²) in [5.41, 5.74) is 2.19. The van der Waals surface area contributed by atoms with Gasteiger partial charge in [0.25, 0.3) is 0 Å². The van der Waals surface area contributed by atoms with E-state index < -0.39 is 16.0 Å². The summed E-state index contributed by atoms with van der Waals surface area (Å²) >= 11 is 1.44. The number of sulfonamides is 1. The van der Waals surface area contributed by atoms with Crippen LogP contribution in [0.2, 0.25) is 0 Å². The van der Waals surface area contributed by atoms with Crippen LogP contribution in [-0.4, -0.2) is 39.0 Å². The van der Waals surface area contributed by atoms with Gasteiger partial charge in [0, 0.05) is 18.5 Å². The van der Waals surface area contributed by atoms with E-state index in [1.54, 1.807) is 48.5 Å². The molecule has 7 nitrogen and oxygen atoms in total. The molecule has 0 bridgehead atoms. The molecule has 0 radical (unpaired) electrons. The van der Waals surface area contributed by atoms with E-state index >= 15 is 0 Å². The standard InChI is InChI=1S/C24H23N3O4S2/c1-31-24(28)19-9-7-17(8-10-19)18-11-13-20(14-12-18)33(29,30)26-16-4-15-25-23-21-5-2-3-6-22(21)32-27-23/h2-3,5-14,26H,4,15-16H2,1H3,(H,25,27). The number of hydrogen-bond donors (Lipinski definition) is 2. The number of hydrogen-bond acceptors (Lipinski definition) is 7. The maximum atomic E-state index is 12.6. The first-order valence-electron chi connectivity index (χ1n) is 10.3. The van der Waals surface area contributed by atoms with Crippen LogP contribution in [0.1, 0.15) is 16.8 Å². The van der Waals surface area contributed by atoms with Crippen molar-refractivity contribution >= 4 is 43.4 Å². The normalized spacial score (nSPS) is 11.4. The van der Waals surface area contributed by atoms with Crippen LogP contribution in [-0.2, 0) is 14.8 Å². The summed E-state index contributed by atoms with van der Waals surface area (Å²) in [5.74, 6) is 0.429. The number of rotatable bonds is 9. The molecule has 170 valence electrons. The molecule has 0 spiro atoms. The van der Waals surface area contributed by atoms with Gasteiger partial charge in [0.2, 0.25) is 10.0 Å². The highest BCUT2D eigenvalue weighted by molar-refractivity contribution is 7.89. The molecule has 9 heteroatoms. The third-order valence-electron chi connectivity index (χ3n) is 5.12. The minimum atomic E-state index is -3.60. The number of methoxy groups -OCH3 is 1. The topological polar surface area (TPSA) is 97.4 Å². The van der Waals surface area contributed by atoms with Crippen molar-refractivity contribution in [1.29, 1.82) is 0 Å². The van der Waals surface area contributed by atoms with Gasteiger partial charge in [-0.25, -0.2) is 17.9 Å². The van der Waals surface area contributed by atoms with Crippen LogP contribution in [0, 0.1) is 0 Å². The quantitative estimate of drug-likeness (QED) is 0.269. The summed E-state index contributed by atoms with van der Waals surface area (Å²) < 4.78 is 38.1. The molecule has 2 N–H and O–H groups in total. The van der Waals surface area contributed by atoms with Crippen LogP contribution < -0.4 is 10.0 Å². The third-order valence-corrected chi connectivity index (χ3v) is 7.42. The summed E-state index contributed by atoms with van der Waals surface area (Å²) in [5, 5.41) is 4.34. The first-order chi connectivity index (χ1) is 16.0. The Hall–Kier alpha value is -3.27. The monoisotopic (exact) mass is 481 g/mol. The molecule has 1 aromatic heterocycles. The second-order valence-corrected chi connectivity index (χ2v) is 9.87. The van der Waals surface area contributed by atoms with Crippen molar-refractivity contribution in [2.45, 2.75) is 11.3 Å². The largest absolute Gasteiger partial charge is 0.465 e. The molecule has 0 aliphatic rings. The molecule has 0 fully saturated rings. The smallest absolute Gasteiger partial charge is 0.337 e. The lowest BCUT2D eigenvalue weighted by Crippen LogP contribution is -2.26. The van der Waals surface area contributed by atoms with Crippen LogP contribution in [0.15, 0.2) is 77.7 Å². The second kappa shape index (κ2) is 10.1. The van der Waals surface area contributed by atoms with Gasteiger partial charge < -0.3 is 10.1 Å². The van der Waals surface area contributed by atoms with Crippen molar-refractivity contribution < 1.29 is 17.9 Å². The first-order valence-corrected chi connectivity index (χ1v) is 12.6. The van der Waals surface area contributed by atoms with Gasteiger partial charge in [-0.05, 0) is 65.5 Å². The fraction of sp³-hybridized carbons (Fsp3) is 0.167. The van der Waals surface area contributed by atoms with Crippen molar-refractivity contribution in [2.75, 3.05) is 25.5 Å². The highest BCUT2D eigenvalue weighted by Gasteiger charge is 2.14. The van der Waals surface area contributed by atoms with Crippen molar-refractivity contribution in [3.8, 4) is 11.1 Å². The summed E-state index contributed by atoms with van der Waals surface area (Å²) in [4.78, 5) is 11.8. The molecule has 3 aromatic carbocycles. The Bertz CT molecular complexity index is 1350. The SMILES string of the molecule is COC(=O)c1ccc(-c2ccc(S(=O)(=O)NCCCNc3nsc4ccccc34)cc2)cc1. The van der Waals surface area contributed by atoms with Crippen molar-refractivity contribution in [3.05, 3.63) is 78.4 Å². The predicted octanol–water partition coefficient (Wildman–Crippen LogP) is 4.53. The van der Waals surface area contributed by atoms with Crippen LogP contribution >= 0.6 is 11.5 Å². The third kappa shape index (κ3) is 5.39. The lowest BCUT2D eigenvalue weighted by atomic mass is 10.0. The van der Waals surface area contributed by atoms with Crippen LogP contribution in [0.3, 0.4) is 0 Å². The molecule has 33 heavy (non-hydrogen) atoms. The highest BCUT2D eigenvalue weighted by atomic mass is 32.2. The average Bonchev–Trinajstić information content (AvgIpc) is 3.26. The summed E-state index contributed by atoms with van der Waals surface area (Å²) in [6.07, 6.45) is 0.621. The molecule has 0 aliphatic carbocycles. The van der Waals surface area contributed by atoms with E-state index in [9.17, 15) is 13.2 Å². The van der Waals surface area contributed by atoms with Crippen LogP contribution in [0.25, 0.3) is 21.2 Å². The van der Waals surface area contributed by atoms with Gasteiger partial charge in [0.1, 0.15) is 5.82 Å². The van der Waals surface area contributed by atoms with Gasteiger partial charge >= 0.3 is 5.97 Å². The number of carbonyl (C=O) groups excluding carboxylic acids is 1. The molecule has 0 saturated carbocycles. The second-order valence-electron chi connectivity index (χ2n) is 7.30.